The van der Waals surface area contributed by atoms with Gasteiger partial charge in [0.15, 0.2) is 0 Å². The SMILES string of the molecule is O=C(O)N[C@@H](Cc1ccccc1)[C@@H](O)[C@@H]1NC2(CCCC2)N(Cc2ccccc2)C1=O. The number of nitrogens with zero attached hydrogens (tertiary/aromatic N) is 1. The fourth-order valence-electron chi connectivity index (χ4n) is 4.92. The molecule has 0 radical (unpaired) electrons. The smallest absolute Gasteiger partial charge is 0.404 e. The molecule has 4 rings (SSSR count). The zero-order valence-corrected chi connectivity index (χ0v) is 17.4. The van der Waals surface area contributed by atoms with E-state index in [4.69, 9.17) is 0 Å². The first-order valence-corrected chi connectivity index (χ1v) is 10.8. The van der Waals surface area contributed by atoms with Gasteiger partial charge in [-0.2, -0.15) is 0 Å². The summed E-state index contributed by atoms with van der Waals surface area (Å²) in [5, 5.41) is 26.4. The van der Waals surface area contributed by atoms with Crippen LogP contribution in [0.5, 0.6) is 0 Å². The number of hydrogen-bond donors (Lipinski definition) is 4. The van der Waals surface area contributed by atoms with Crippen LogP contribution in [-0.4, -0.2) is 51.0 Å². The summed E-state index contributed by atoms with van der Waals surface area (Å²) in [6.45, 7) is 0.464. The fraction of sp³-hybridized carbons (Fsp3) is 0.417. The Kier molecular flexibility index (Phi) is 6.25. The van der Waals surface area contributed by atoms with Gasteiger partial charge in [0, 0.05) is 6.54 Å². The normalized spacial score (nSPS) is 21.9. The summed E-state index contributed by atoms with van der Waals surface area (Å²) in [5.41, 5.74) is 1.44. The standard InChI is InChI=1S/C24H29N3O4/c28-21(19(25-23(30)31)15-17-9-3-1-4-10-17)20-22(29)27(16-18-11-5-2-6-12-18)24(26-20)13-7-8-14-24/h1-6,9-12,19-21,25-26,28H,7-8,13-16H2,(H,30,31)/t19-,20-,21+/m0/s1. The molecule has 7 heteroatoms. The number of benzene rings is 2. The molecule has 0 bridgehead atoms. The summed E-state index contributed by atoms with van der Waals surface area (Å²) in [7, 11) is 0. The number of hydrogen-bond acceptors (Lipinski definition) is 4. The third kappa shape index (κ3) is 4.57. The van der Waals surface area contributed by atoms with E-state index >= 15 is 0 Å². The van der Waals surface area contributed by atoms with E-state index in [-0.39, 0.29) is 5.91 Å². The van der Waals surface area contributed by atoms with E-state index < -0.39 is 29.9 Å². The van der Waals surface area contributed by atoms with Crippen molar-refractivity contribution in [3.63, 3.8) is 0 Å². The highest BCUT2D eigenvalue weighted by Gasteiger charge is 2.54. The molecule has 2 aromatic carbocycles. The van der Waals surface area contributed by atoms with Gasteiger partial charge in [0.25, 0.3) is 0 Å². The third-order valence-electron chi connectivity index (χ3n) is 6.45. The minimum Gasteiger partial charge on any atom is -0.465 e. The van der Waals surface area contributed by atoms with Crippen molar-refractivity contribution in [1.29, 1.82) is 0 Å². The zero-order valence-electron chi connectivity index (χ0n) is 17.4. The van der Waals surface area contributed by atoms with Gasteiger partial charge in [-0.3, -0.25) is 10.1 Å². The summed E-state index contributed by atoms with van der Waals surface area (Å²) in [6, 6.07) is 17.5. The number of rotatable bonds is 7. The molecule has 1 aliphatic heterocycles. The molecule has 0 unspecified atom stereocenters. The minimum atomic E-state index is -1.22. The highest BCUT2D eigenvalue weighted by atomic mass is 16.4. The van der Waals surface area contributed by atoms with Crippen LogP contribution in [0.3, 0.4) is 0 Å². The van der Waals surface area contributed by atoms with Crippen molar-refractivity contribution in [3.8, 4) is 0 Å². The second-order valence-corrected chi connectivity index (χ2v) is 8.51. The van der Waals surface area contributed by atoms with Crippen molar-refractivity contribution in [2.24, 2.45) is 0 Å². The van der Waals surface area contributed by atoms with Gasteiger partial charge in [-0.25, -0.2) is 4.79 Å². The Hall–Kier alpha value is -2.90. The molecule has 2 fully saturated rings. The lowest BCUT2D eigenvalue weighted by Crippen LogP contribution is -2.56. The summed E-state index contributed by atoms with van der Waals surface area (Å²) in [6.07, 6.45) is 1.55. The maximum atomic E-state index is 13.5. The first-order valence-electron chi connectivity index (χ1n) is 10.8. The maximum Gasteiger partial charge on any atom is 0.404 e. The van der Waals surface area contributed by atoms with Gasteiger partial charge < -0.3 is 20.4 Å². The van der Waals surface area contributed by atoms with Crippen LogP contribution in [0.4, 0.5) is 4.79 Å². The highest BCUT2D eigenvalue weighted by Crippen LogP contribution is 2.39. The largest absolute Gasteiger partial charge is 0.465 e. The Balaban J connectivity index is 1.57. The van der Waals surface area contributed by atoms with Crippen molar-refractivity contribution in [2.75, 3.05) is 0 Å². The number of aliphatic hydroxyl groups excluding tert-OH is 1. The molecule has 7 nitrogen and oxygen atoms in total. The molecule has 1 aliphatic carbocycles. The van der Waals surface area contributed by atoms with E-state index in [0.717, 1.165) is 36.8 Å². The molecule has 0 aromatic heterocycles. The van der Waals surface area contributed by atoms with Crippen LogP contribution in [0.1, 0.15) is 36.8 Å². The van der Waals surface area contributed by atoms with E-state index in [0.29, 0.717) is 13.0 Å². The van der Waals surface area contributed by atoms with Crippen LogP contribution in [-0.2, 0) is 17.8 Å². The number of carbonyl (C=O) groups excluding carboxylic acids is 1. The summed E-state index contributed by atoms with van der Waals surface area (Å²) in [5.74, 6) is -0.177. The monoisotopic (exact) mass is 423 g/mol. The molecule has 1 heterocycles. The summed E-state index contributed by atoms with van der Waals surface area (Å²) in [4.78, 5) is 26.8. The van der Waals surface area contributed by atoms with Crippen molar-refractivity contribution in [3.05, 3.63) is 71.8 Å². The summed E-state index contributed by atoms with van der Waals surface area (Å²) < 4.78 is 0. The Morgan fingerprint density at radius 2 is 1.65 bits per heavy atom. The highest BCUT2D eigenvalue weighted by molar-refractivity contribution is 5.86. The molecular formula is C24H29N3O4. The molecule has 1 spiro atoms. The predicted octanol–water partition coefficient (Wildman–Crippen LogP) is 2.50. The van der Waals surface area contributed by atoms with Gasteiger partial charge in [-0.15, -0.1) is 0 Å². The lowest BCUT2D eigenvalue weighted by Gasteiger charge is -2.35. The molecule has 1 saturated carbocycles. The molecule has 2 aliphatic rings. The van der Waals surface area contributed by atoms with Gasteiger partial charge in [0.1, 0.15) is 6.04 Å². The summed E-state index contributed by atoms with van der Waals surface area (Å²) >= 11 is 0. The predicted molar refractivity (Wildman–Crippen MR) is 116 cm³/mol. The number of amides is 2. The fourth-order valence-corrected chi connectivity index (χ4v) is 4.92. The maximum absolute atomic E-state index is 13.5. The minimum absolute atomic E-state index is 0.177. The van der Waals surface area contributed by atoms with E-state index in [2.05, 4.69) is 10.6 Å². The average molecular weight is 424 g/mol. The number of nitrogens with one attached hydrogen (secondary N) is 2. The van der Waals surface area contributed by atoms with Gasteiger partial charge in [-0.05, 0) is 43.2 Å². The van der Waals surface area contributed by atoms with Gasteiger partial charge in [0.2, 0.25) is 5.91 Å². The van der Waals surface area contributed by atoms with Crippen LogP contribution in [0, 0.1) is 0 Å². The number of carbonyl (C=O) groups is 2. The first kappa shape index (κ1) is 21.3. The molecule has 3 atom stereocenters. The van der Waals surface area contributed by atoms with Crippen LogP contribution >= 0.6 is 0 Å². The van der Waals surface area contributed by atoms with Crippen molar-refractivity contribution >= 4 is 12.0 Å². The Labute approximate surface area is 182 Å². The molecule has 2 aromatic rings. The second kappa shape index (κ2) is 9.08. The van der Waals surface area contributed by atoms with Crippen molar-refractivity contribution in [1.82, 2.24) is 15.5 Å². The van der Waals surface area contributed by atoms with Crippen molar-refractivity contribution < 1.29 is 19.8 Å². The third-order valence-corrected chi connectivity index (χ3v) is 6.45. The lowest BCUT2D eigenvalue weighted by molar-refractivity contribution is -0.134. The van der Waals surface area contributed by atoms with Gasteiger partial charge in [-0.1, -0.05) is 60.7 Å². The van der Waals surface area contributed by atoms with E-state index in [1.165, 1.54) is 0 Å². The molecule has 2 amide bonds. The van der Waals surface area contributed by atoms with Crippen LogP contribution < -0.4 is 10.6 Å². The Bertz CT molecular complexity index is 900. The molecule has 164 valence electrons. The van der Waals surface area contributed by atoms with Crippen LogP contribution in [0.25, 0.3) is 0 Å². The van der Waals surface area contributed by atoms with Crippen molar-refractivity contribution in [2.45, 2.75) is 62.5 Å². The quantitative estimate of drug-likeness (QED) is 0.548. The zero-order chi connectivity index (χ0) is 21.8. The van der Waals surface area contributed by atoms with E-state index in [1.807, 2.05) is 65.6 Å². The Morgan fingerprint density at radius 3 is 2.23 bits per heavy atom. The topological polar surface area (TPSA) is 102 Å². The lowest BCUT2D eigenvalue weighted by atomic mass is 9.96. The van der Waals surface area contributed by atoms with Gasteiger partial charge in [0.05, 0.1) is 17.8 Å². The molecular weight excluding hydrogens is 394 g/mol. The van der Waals surface area contributed by atoms with E-state index in [1.54, 1.807) is 0 Å². The average Bonchev–Trinajstić information content (AvgIpc) is 3.35. The van der Waals surface area contributed by atoms with Crippen LogP contribution in [0.2, 0.25) is 0 Å². The molecule has 31 heavy (non-hydrogen) atoms. The second-order valence-electron chi connectivity index (χ2n) is 8.51. The molecule has 4 N–H and O–H groups in total. The van der Waals surface area contributed by atoms with Crippen LogP contribution in [0.15, 0.2) is 60.7 Å². The number of aliphatic hydroxyl groups is 1. The molecule has 1 saturated heterocycles. The van der Waals surface area contributed by atoms with Gasteiger partial charge >= 0.3 is 6.09 Å². The van der Waals surface area contributed by atoms with E-state index in [9.17, 15) is 19.8 Å². The number of carboxylic acid groups (broad SMARTS) is 1. The first-order chi connectivity index (χ1) is 15.0. The Morgan fingerprint density at radius 1 is 1.06 bits per heavy atom.